The van der Waals surface area contributed by atoms with Crippen molar-refractivity contribution in [1.29, 1.82) is 0 Å². The topological polar surface area (TPSA) is 57.7 Å². The molecule has 1 aromatic carbocycles. The van der Waals surface area contributed by atoms with E-state index in [9.17, 15) is 13.2 Å². The Morgan fingerprint density at radius 2 is 1.89 bits per heavy atom. The van der Waals surface area contributed by atoms with Gasteiger partial charge in [-0.2, -0.15) is 4.31 Å². The third kappa shape index (κ3) is 2.39. The zero-order valence-corrected chi connectivity index (χ0v) is 11.1. The SMILES string of the molecule is CCC(=O)N1CCN(S(=O)(=O)c2ccccc2)C1. The van der Waals surface area contributed by atoms with Crippen molar-refractivity contribution in [3.8, 4) is 0 Å². The zero-order chi connectivity index (χ0) is 13.2. The molecule has 1 aliphatic heterocycles. The predicted octanol–water partition coefficient (Wildman–Crippen LogP) is 0.887. The van der Waals surface area contributed by atoms with Crippen LogP contribution in [0.25, 0.3) is 0 Å². The molecule has 0 atom stereocenters. The van der Waals surface area contributed by atoms with Crippen molar-refractivity contribution in [2.75, 3.05) is 19.8 Å². The third-order valence-corrected chi connectivity index (χ3v) is 4.83. The molecule has 1 aromatic rings. The fraction of sp³-hybridized carbons (Fsp3) is 0.417. The van der Waals surface area contributed by atoms with Crippen LogP contribution in [0.4, 0.5) is 0 Å². The minimum absolute atomic E-state index is 0.0132. The summed E-state index contributed by atoms with van der Waals surface area (Å²) in [7, 11) is -3.47. The third-order valence-electron chi connectivity index (χ3n) is 2.98. The lowest BCUT2D eigenvalue weighted by Crippen LogP contribution is -2.33. The van der Waals surface area contributed by atoms with E-state index in [4.69, 9.17) is 0 Å². The molecule has 0 aliphatic carbocycles. The summed E-state index contributed by atoms with van der Waals surface area (Å²) in [5.41, 5.74) is 0. The molecule has 1 amide bonds. The Morgan fingerprint density at radius 3 is 2.50 bits per heavy atom. The van der Waals surface area contributed by atoms with E-state index >= 15 is 0 Å². The Bertz CT molecular complexity index is 528. The fourth-order valence-corrected chi connectivity index (χ4v) is 3.34. The maximum atomic E-state index is 12.3. The number of hydrogen-bond acceptors (Lipinski definition) is 3. The molecular formula is C12H16N2O3S. The monoisotopic (exact) mass is 268 g/mol. The molecule has 0 radical (unpaired) electrons. The molecule has 98 valence electrons. The maximum absolute atomic E-state index is 12.3. The smallest absolute Gasteiger partial charge is 0.244 e. The number of amides is 1. The number of sulfonamides is 1. The molecule has 5 nitrogen and oxygen atoms in total. The summed E-state index contributed by atoms with van der Waals surface area (Å²) in [4.78, 5) is 13.4. The van der Waals surface area contributed by atoms with Crippen LogP contribution in [0.2, 0.25) is 0 Å². The Balaban J connectivity index is 2.17. The number of nitrogens with zero attached hydrogens (tertiary/aromatic N) is 2. The number of rotatable bonds is 3. The van der Waals surface area contributed by atoms with Gasteiger partial charge in [-0.15, -0.1) is 0 Å². The van der Waals surface area contributed by atoms with Crippen molar-refractivity contribution in [3.63, 3.8) is 0 Å². The first-order chi connectivity index (χ1) is 8.55. The first-order valence-electron chi connectivity index (χ1n) is 5.88. The largest absolute Gasteiger partial charge is 0.327 e. The highest BCUT2D eigenvalue weighted by Gasteiger charge is 2.32. The van der Waals surface area contributed by atoms with Gasteiger partial charge in [0.05, 0.1) is 11.6 Å². The molecule has 0 aromatic heterocycles. The average molecular weight is 268 g/mol. The van der Waals surface area contributed by atoms with Gasteiger partial charge in [0.2, 0.25) is 15.9 Å². The van der Waals surface area contributed by atoms with Crippen LogP contribution in [0.5, 0.6) is 0 Å². The molecule has 0 saturated carbocycles. The lowest BCUT2D eigenvalue weighted by atomic mass is 10.4. The van der Waals surface area contributed by atoms with Gasteiger partial charge in [-0.1, -0.05) is 25.1 Å². The molecule has 1 fully saturated rings. The Morgan fingerprint density at radius 1 is 1.22 bits per heavy atom. The van der Waals surface area contributed by atoms with Crippen LogP contribution < -0.4 is 0 Å². The summed E-state index contributed by atoms with van der Waals surface area (Å²) in [5.74, 6) is -0.0132. The van der Waals surface area contributed by atoms with Crippen LogP contribution in [0, 0.1) is 0 Å². The molecule has 2 rings (SSSR count). The molecule has 0 unspecified atom stereocenters. The molecule has 1 saturated heterocycles. The highest BCUT2D eigenvalue weighted by molar-refractivity contribution is 7.89. The molecule has 1 heterocycles. The standard InChI is InChI=1S/C12H16N2O3S/c1-2-12(15)13-8-9-14(10-13)18(16,17)11-6-4-3-5-7-11/h3-7H,2,8-10H2,1H3. The van der Waals surface area contributed by atoms with Crippen molar-refractivity contribution in [2.45, 2.75) is 18.2 Å². The van der Waals surface area contributed by atoms with E-state index in [0.29, 0.717) is 19.5 Å². The van der Waals surface area contributed by atoms with Crippen LogP contribution in [0.15, 0.2) is 35.2 Å². The van der Waals surface area contributed by atoms with Gasteiger partial charge in [-0.25, -0.2) is 8.42 Å². The second kappa shape index (κ2) is 5.07. The summed E-state index contributed by atoms with van der Waals surface area (Å²) >= 11 is 0. The van der Waals surface area contributed by atoms with Gasteiger partial charge in [0, 0.05) is 19.5 Å². The van der Waals surface area contributed by atoms with Gasteiger partial charge < -0.3 is 4.90 Å². The first-order valence-corrected chi connectivity index (χ1v) is 7.32. The average Bonchev–Trinajstić information content (AvgIpc) is 2.89. The normalized spacial score (nSPS) is 17.1. The van der Waals surface area contributed by atoms with Gasteiger partial charge in [0.25, 0.3) is 0 Å². The van der Waals surface area contributed by atoms with Crippen molar-refractivity contribution < 1.29 is 13.2 Å². The second-order valence-corrected chi connectivity index (χ2v) is 6.08. The van der Waals surface area contributed by atoms with E-state index < -0.39 is 10.0 Å². The molecular weight excluding hydrogens is 252 g/mol. The number of carbonyl (C=O) groups is 1. The Labute approximate surface area is 107 Å². The summed E-state index contributed by atoms with van der Waals surface area (Å²) in [6.45, 7) is 2.77. The summed E-state index contributed by atoms with van der Waals surface area (Å²) in [5, 5.41) is 0. The van der Waals surface area contributed by atoms with E-state index in [0.717, 1.165) is 0 Å². The van der Waals surface area contributed by atoms with Crippen LogP contribution in [-0.4, -0.2) is 43.3 Å². The second-order valence-electron chi connectivity index (χ2n) is 4.15. The van der Waals surface area contributed by atoms with Gasteiger partial charge in [0.15, 0.2) is 0 Å². The zero-order valence-electron chi connectivity index (χ0n) is 10.2. The molecule has 0 spiro atoms. The van der Waals surface area contributed by atoms with Crippen LogP contribution >= 0.6 is 0 Å². The minimum atomic E-state index is -3.47. The van der Waals surface area contributed by atoms with Crippen molar-refractivity contribution in [2.24, 2.45) is 0 Å². The van der Waals surface area contributed by atoms with Gasteiger partial charge in [-0.3, -0.25) is 4.79 Å². The number of carbonyl (C=O) groups excluding carboxylic acids is 1. The van der Waals surface area contributed by atoms with Gasteiger partial charge >= 0.3 is 0 Å². The van der Waals surface area contributed by atoms with Gasteiger partial charge in [-0.05, 0) is 12.1 Å². The molecule has 6 heteroatoms. The van der Waals surface area contributed by atoms with Crippen LogP contribution in [-0.2, 0) is 14.8 Å². The van der Waals surface area contributed by atoms with Crippen LogP contribution in [0.3, 0.4) is 0 Å². The van der Waals surface area contributed by atoms with Crippen molar-refractivity contribution >= 4 is 15.9 Å². The quantitative estimate of drug-likeness (QED) is 0.818. The lowest BCUT2D eigenvalue weighted by molar-refractivity contribution is -0.130. The van der Waals surface area contributed by atoms with E-state index in [2.05, 4.69) is 0 Å². The molecule has 0 bridgehead atoms. The predicted molar refractivity (Wildman–Crippen MR) is 67.2 cm³/mol. The summed E-state index contributed by atoms with van der Waals surface area (Å²) in [6, 6.07) is 8.30. The summed E-state index contributed by atoms with van der Waals surface area (Å²) < 4.78 is 25.9. The highest BCUT2D eigenvalue weighted by atomic mass is 32.2. The van der Waals surface area contributed by atoms with Crippen molar-refractivity contribution in [3.05, 3.63) is 30.3 Å². The molecule has 1 aliphatic rings. The van der Waals surface area contributed by atoms with E-state index in [-0.39, 0.29) is 17.5 Å². The van der Waals surface area contributed by atoms with E-state index in [1.54, 1.807) is 42.2 Å². The van der Waals surface area contributed by atoms with E-state index in [1.807, 2.05) is 0 Å². The highest BCUT2D eigenvalue weighted by Crippen LogP contribution is 2.19. The Kier molecular flexibility index (Phi) is 3.68. The van der Waals surface area contributed by atoms with Crippen LogP contribution in [0.1, 0.15) is 13.3 Å². The summed E-state index contributed by atoms with van der Waals surface area (Å²) in [6.07, 6.45) is 0.402. The fourth-order valence-electron chi connectivity index (χ4n) is 1.93. The lowest BCUT2D eigenvalue weighted by Gasteiger charge is -2.17. The maximum Gasteiger partial charge on any atom is 0.244 e. The molecule has 18 heavy (non-hydrogen) atoms. The number of benzene rings is 1. The number of hydrogen-bond donors (Lipinski definition) is 0. The minimum Gasteiger partial charge on any atom is -0.327 e. The van der Waals surface area contributed by atoms with Crippen molar-refractivity contribution in [1.82, 2.24) is 9.21 Å². The van der Waals surface area contributed by atoms with Gasteiger partial charge in [0.1, 0.15) is 0 Å². The Hall–Kier alpha value is -1.40. The van der Waals surface area contributed by atoms with E-state index in [1.165, 1.54) is 4.31 Å². The molecule has 0 N–H and O–H groups in total. The first kappa shape index (κ1) is 13.0.